The second-order valence-electron chi connectivity index (χ2n) is 5.14. The van der Waals surface area contributed by atoms with Gasteiger partial charge < -0.3 is 20.5 Å². The average molecular weight is 441 g/mol. The zero-order valence-corrected chi connectivity index (χ0v) is 16.3. The standard InChI is InChI=1S/C18H23N3O2.HI/c1-14-5-3-6-15(13-14)21-18(19)20-11-4-12-23-17-9-7-16(22-2)8-10-17;/h3,5-10,13H,4,11-12H2,1-2H3,(H3,19,20,21);1H. The van der Waals surface area contributed by atoms with Crippen LogP contribution in [0.15, 0.2) is 53.5 Å². The minimum atomic E-state index is 0. The number of nitrogens with two attached hydrogens (primary N) is 1. The zero-order chi connectivity index (χ0) is 16.5. The van der Waals surface area contributed by atoms with Crippen molar-refractivity contribution in [3.8, 4) is 11.5 Å². The third-order valence-corrected chi connectivity index (χ3v) is 3.20. The van der Waals surface area contributed by atoms with E-state index in [9.17, 15) is 0 Å². The summed E-state index contributed by atoms with van der Waals surface area (Å²) >= 11 is 0. The summed E-state index contributed by atoms with van der Waals surface area (Å²) in [4.78, 5) is 4.29. The molecule has 2 aromatic rings. The van der Waals surface area contributed by atoms with Gasteiger partial charge in [0.1, 0.15) is 11.5 Å². The van der Waals surface area contributed by atoms with Crippen molar-refractivity contribution in [2.45, 2.75) is 13.3 Å². The van der Waals surface area contributed by atoms with Gasteiger partial charge in [0.15, 0.2) is 5.96 Å². The van der Waals surface area contributed by atoms with Crippen LogP contribution >= 0.6 is 24.0 Å². The molecule has 0 atom stereocenters. The van der Waals surface area contributed by atoms with E-state index in [4.69, 9.17) is 15.2 Å². The number of anilines is 1. The number of aryl methyl sites for hydroxylation is 1. The van der Waals surface area contributed by atoms with Crippen molar-refractivity contribution in [2.24, 2.45) is 10.7 Å². The molecule has 0 spiro atoms. The van der Waals surface area contributed by atoms with Crippen LogP contribution < -0.4 is 20.5 Å². The van der Waals surface area contributed by atoms with Crippen LogP contribution in [0.25, 0.3) is 0 Å². The van der Waals surface area contributed by atoms with Crippen LogP contribution in [-0.2, 0) is 0 Å². The third kappa shape index (κ3) is 7.08. The van der Waals surface area contributed by atoms with Crippen molar-refractivity contribution < 1.29 is 9.47 Å². The molecule has 2 rings (SSSR count). The van der Waals surface area contributed by atoms with Gasteiger partial charge in [-0.3, -0.25) is 4.99 Å². The number of halogens is 1. The van der Waals surface area contributed by atoms with Gasteiger partial charge in [-0.25, -0.2) is 0 Å². The van der Waals surface area contributed by atoms with Gasteiger partial charge in [0.05, 0.1) is 13.7 Å². The minimum absolute atomic E-state index is 0. The molecule has 2 aromatic carbocycles. The van der Waals surface area contributed by atoms with Crippen LogP contribution in [-0.4, -0.2) is 26.2 Å². The smallest absolute Gasteiger partial charge is 0.193 e. The van der Waals surface area contributed by atoms with Crippen molar-refractivity contribution in [1.82, 2.24) is 0 Å². The first-order valence-electron chi connectivity index (χ1n) is 7.58. The number of hydrogen-bond donors (Lipinski definition) is 2. The van der Waals surface area contributed by atoms with Gasteiger partial charge in [-0.15, -0.1) is 24.0 Å². The lowest BCUT2D eigenvalue weighted by Crippen LogP contribution is -2.23. The number of rotatable bonds is 7. The van der Waals surface area contributed by atoms with E-state index in [0.29, 0.717) is 19.1 Å². The van der Waals surface area contributed by atoms with Crippen LogP contribution in [0, 0.1) is 6.92 Å². The van der Waals surface area contributed by atoms with Crippen molar-refractivity contribution in [3.05, 3.63) is 54.1 Å². The monoisotopic (exact) mass is 441 g/mol. The number of nitrogens with one attached hydrogen (secondary N) is 1. The molecule has 0 radical (unpaired) electrons. The largest absolute Gasteiger partial charge is 0.497 e. The summed E-state index contributed by atoms with van der Waals surface area (Å²) in [5.74, 6) is 2.05. The molecule has 0 heterocycles. The van der Waals surface area contributed by atoms with E-state index < -0.39 is 0 Å². The highest BCUT2D eigenvalue weighted by atomic mass is 127. The highest BCUT2D eigenvalue weighted by Crippen LogP contribution is 2.17. The number of ether oxygens (including phenoxy) is 2. The fraction of sp³-hybridized carbons (Fsp3) is 0.278. The van der Waals surface area contributed by atoms with Gasteiger partial charge >= 0.3 is 0 Å². The van der Waals surface area contributed by atoms with Gasteiger partial charge in [0.2, 0.25) is 0 Å². The van der Waals surface area contributed by atoms with Crippen molar-refractivity contribution in [2.75, 3.05) is 25.6 Å². The van der Waals surface area contributed by atoms with E-state index in [1.807, 2.05) is 55.5 Å². The Morgan fingerprint density at radius 1 is 1.12 bits per heavy atom. The summed E-state index contributed by atoms with van der Waals surface area (Å²) < 4.78 is 10.7. The van der Waals surface area contributed by atoms with Crippen molar-refractivity contribution in [3.63, 3.8) is 0 Å². The predicted molar refractivity (Wildman–Crippen MR) is 110 cm³/mol. The zero-order valence-electron chi connectivity index (χ0n) is 14.0. The van der Waals surface area contributed by atoms with Crippen LogP contribution in [0.1, 0.15) is 12.0 Å². The van der Waals surface area contributed by atoms with Gasteiger partial charge in [-0.1, -0.05) is 12.1 Å². The van der Waals surface area contributed by atoms with Crippen LogP contribution in [0.4, 0.5) is 5.69 Å². The van der Waals surface area contributed by atoms with Crippen LogP contribution in [0.2, 0.25) is 0 Å². The molecule has 24 heavy (non-hydrogen) atoms. The molecule has 3 N–H and O–H groups in total. The van der Waals surface area contributed by atoms with E-state index >= 15 is 0 Å². The molecule has 0 saturated carbocycles. The first-order valence-corrected chi connectivity index (χ1v) is 7.58. The highest BCUT2D eigenvalue weighted by Gasteiger charge is 1.97. The molecule has 130 valence electrons. The number of benzene rings is 2. The summed E-state index contributed by atoms with van der Waals surface area (Å²) in [6.45, 7) is 3.24. The fourth-order valence-electron chi connectivity index (χ4n) is 2.04. The lowest BCUT2D eigenvalue weighted by atomic mass is 10.2. The van der Waals surface area contributed by atoms with Gasteiger partial charge in [-0.05, 0) is 48.9 Å². The van der Waals surface area contributed by atoms with Crippen LogP contribution in [0.5, 0.6) is 11.5 Å². The molecule has 0 unspecified atom stereocenters. The molecule has 5 nitrogen and oxygen atoms in total. The van der Waals surface area contributed by atoms with E-state index in [1.165, 1.54) is 5.56 Å². The molecule has 0 bridgehead atoms. The molecular formula is C18H24IN3O2. The number of hydrogen-bond acceptors (Lipinski definition) is 3. The Balaban J connectivity index is 0.00000288. The molecule has 6 heteroatoms. The van der Waals surface area contributed by atoms with E-state index in [1.54, 1.807) is 7.11 Å². The average Bonchev–Trinajstić information content (AvgIpc) is 2.55. The summed E-state index contributed by atoms with van der Waals surface area (Å²) in [5.41, 5.74) is 7.99. The third-order valence-electron chi connectivity index (χ3n) is 3.20. The Bertz CT molecular complexity index is 645. The first-order chi connectivity index (χ1) is 11.2. The minimum Gasteiger partial charge on any atom is -0.497 e. The lowest BCUT2D eigenvalue weighted by molar-refractivity contribution is 0.313. The molecule has 0 amide bonds. The Morgan fingerprint density at radius 2 is 1.83 bits per heavy atom. The highest BCUT2D eigenvalue weighted by molar-refractivity contribution is 14.0. The quantitative estimate of drug-likeness (QED) is 0.297. The number of methoxy groups -OCH3 is 1. The molecule has 0 aliphatic carbocycles. The Morgan fingerprint density at radius 3 is 2.50 bits per heavy atom. The maximum absolute atomic E-state index is 5.87. The Labute approximate surface area is 160 Å². The topological polar surface area (TPSA) is 68.9 Å². The van der Waals surface area contributed by atoms with Crippen LogP contribution in [0.3, 0.4) is 0 Å². The molecule has 0 fully saturated rings. The second kappa shape index (κ2) is 10.7. The molecule has 0 aliphatic heterocycles. The SMILES string of the molecule is COc1ccc(OCCCN=C(N)Nc2cccc(C)c2)cc1.I. The van der Waals surface area contributed by atoms with Crippen molar-refractivity contribution >= 4 is 35.6 Å². The molecule has 0 saturated heterocycles. The lowest BCUT2D eigenvalue weighted by Gasteiger charge is -2.07. The summed E-state index contributed by atoms with van der Waals surface area (Å²) in [6, 6.07) is 15.5. The van der Waals surface area contributed by atoms with E-state index in [-0.39, 0.29) is 24.0 Å². The van der Waals surface area contributed by atoms with E-state index in [2.05, 4.69) is 10.3 Å². The second-order valence-corrected chi connectivity index (χ2v) is 5.14. The fourth-order valence-corrected chi connectivity index (χ4v) is 2.04. The van der Waals surface area contributed by atoms with Crippen molar-refractivity contribution in [1.29, 1.82) is 0 Å². The Hall–Kier alpha value is -1.96. The predicted octanol–water partition coefficient (Wildman–Crippen LogP) is 3.82. The number of nitrogens with zero attached hydrogens (tertiary/aromatic N) is 1. The summed E-state index contributed by atoms with van der Waals surface area (Å²) in [7, 11) is 1.64. The molecular weight excluding hydrogens is 417 g/mol. The van der Waals surface area contributed by atoms with Gasteiger partial charge in [0.25, 0.3) is 0 Å². The first kappa shape index (κ1) is 20.1. The van der Waals surface area contributed by atoms with Gasteiger partial charge in [0, 0.05) is 18.7 Å². The number of aliphatic imine (C=N–C) groups is 1. The normalized spacial score (nSPS) is 10.7. The Kier molecular flexibility index (Phi) is 8.99. The van der Waals surface area contributed by atoms with E-state index in [0.717, 1.165) is 23.6 Å². The maximum atomic E-state index is 5.87. The maximum Gasteiger partial charge on any atom is 0.193 e. The summed E-state index contributed by atoms with van der Waals surface area (Å²) in [5, 5.41) is 3.08. The molecule has 0 aliphatic rings. The summed E-state index contributed by atoms with van der Waals surface area (Å²) in [6.07, 6.45) is 0.794. The number of guanidine groups is 1. The molecule has 0 aromatic heterocycles. The van der Waals surface area contributed by atoms with Gasteiger partial charge in [-0.2, -0.15) is 0 Å².